The molecule has 0 saturated carbocycles. The summed E-state index contributed by atoms with van der Waals surface area (Å²) in [6.07, 6.45) is 3.05. The van der Waals surface area contributed by atoms with Gasteiger partial charge in [0.25, 0.3) is 0 Å². The molecule has 0 amide bonds. The topological polar surface area (TPSA) is 58.9 Å². The van der Waals surface area contributed by atoms with Crippen molar-refractivity contribution in [2.24, 2.45) is 9.98 Å². The van der Waals surface area contributed by atoms with E-state index in [0.29, 0.717) is 16.9 Å². The zero-order chi connectivity index (χ0) is 14.5. The lowest BCUT2D eigenvalue weighted by atomic mass is 9.98. The van der Waals surface area contributed by atoms with Crippen molar-refractivity contribution in [3.63, 3.8) is 0 Å². The molecule has 0 heterocycles. The number of hydrogen-bond donors (Lipinski definition) is 0. The van der Waals surface area contributed by atoms with Crippen molar-refractivity contribution in [3.05, 3.63) is 47.5 Å². The van der Waals surface area contributed by atoms with Gasteiger partial charge in [-0.2, -0.15) is 9.98 Å². The number of nitrogens with zero attached hydrogens (tertiary/aromatic N) is 2. The van der Waals surface area contributed by atoms with Gasteiger partial charge in [-0.1, -0.05) is 29.8 Å². The number of hydrogen-bond acceptors (Lipinski definition) is 4. The van der Waals surface area contributed by atoms with Crippen molar-refractivity contribution >= 4 is 23.5 Å². The molecule has 2 rings (SSSR count). The van der Waals surface area contributed by atoms with Gasteiger partial charge in [-0.25, -0.2) is 9.59 Å². The van der Waals surface area contributed by atoms with E-state index in [4.69, 9.17) is 0 Å². The van der Waals surface area contributed by atoms with Gasteiger partial charge in [0.1, 0.15) is 0 Å². The minimum absolute atomic E-state index is 0.449. The number of rotatable bonds is 3. The monoisotopic (exact) mass is 264 g/mol. The van der Waals surface area contributed by atoms with E-state index >= 15 is 0 Å². The Labute approximate surface area is 116 Å². The Hall–Kier alpha value is -2.80. The van der Waals surface area contributed by atoms with Crippen molar-refractivity contribution in [1.82, 2.24) is 0 Å². The van der Waals surface area contributed by atoms with E-state index in [-0.39, 0.29) is 0 Å². The molecule has 0 fully saturated rings. The van der Waals surface area contributed by atoms with Crippen LogP contribution in [0.1, 0.15) is 11.1 Å². The Kier molecular flexibility index (Phi) is 4.02. The first-order chi connectivity index (χ1) is 9.67. The molecule has 4 heteroatoms. The van der Waals surface area contributed by atoms with E-state index in [1.165, 1.54) is 6.08 Å². The first kappa shape index (κ1) is 13.6. The molecule has 0 radical (unpaired) electrons. The standard InChI is InChI=1S/C16H12N2O2/c1-11-4-3-5-13(8-11)14-6-7-15(17-9-19)12(2)16(14)18-10-20/h3-8H,1-2H3. The van der Waals surface area contributed by atoms with Crippen molar-refractivity contribution in [2.75, 3.05) is 0 Å². The molecule has 0 N–H and O–H groups in total. The highest BCUT2D eigenvalue weighted by Gasteiger charge is 2.11. The molecular weight excluding hydrogens is 252 g/mol. The van der Waals surface area contributed by atoms with Crippen LogP contribution in [-0.2, 0) is 9.59 Å². The van der Waals surface area contributed by atoms with Gasteiger partial charge < -0.3 is 0 Å². The lowest BCUT2D eigenvalue weighted by Crippen LogP contribution is -1.85. The minimum Gasteiger partial charge on any atom is -0.211 e. The van der Waals surface area contributed by atoms with Crippen LogP contribution in [0, 0.1) is 13.8 Å². The fourth-order valence-corrected chi connectivity index (χ4v) is 2.10. The number of isocyanates is 2. The Morgan fingerprint density at radius 2 is 1.70 bits per heavy atom. The summed E-state index contributed by atoms with van der Waals surface area (Å²) in [7, 11) is 0. The van der Waals surface area contributed by atoms with Gasteiger partial charge in [0.15, 0.2) is 0 Å². The zero-order valence-electron chi connectivity index (χ0n) is 11.2. The number of benzene rings is 2. The van der Waals surface area contributed by atoms with E-state index in [1.807, 2.05) is 31.2 Å². The summed E-state index contributed by atoms with van der Waals surface area (Å²) in [5, 5.41) is 0. The molecule has 2 aromatic carbocycles. The molecule has 0 aromatic heterocycles. The first-order valence-electron chi connectivity index (χ1n) is 6.03. The van der Waals surface area contributed by atoms with Gasteiger partial charge in [0.2, 0.25) is 12.2 Å². The Bertz CT molecular complexity index is 753. The summed E-state index contributed by atoms with van der Waals surface area (Å²) in [6.45, 7) is 3.75. The van der Waals surface area contributed by atoms with Crippen LogP contribution in [0.3, 0.4) is 0 Å². The number of carbonyl (C=O) groups excluding carboxylic acids is 2. The average molecular weight is 264 g/mol. The molecule has 20 heavy (non-hydrogen) atoms. The quantitative estimate of drug-likeness (QED) is 0.623. The highest BCUT2D eigenvalue weighted by molar-refractivity contribution is 5.83. The van der Waals surface area contributed by atoms with E-state index in [1.54, 1.807) is 25.1 Å². The normalized spacial score (nSPS) is 9.50. The highest BCUT2D eigenvalue weighted by atomic mass is 16.1. The molecule has 4 nitrogen and oxygen atoms in total. The fourth-order valence-electron chi connectivity index (χ4n) is 2.10. The van der Waals surface area contributed by atoms with E-state index in [0.717, 1.165) is 16.7 Å². The third-order valence-electron chi connectivity index (χ3n) is 3.06. The van der Waals surface area contributed by atoms with E-state index in [2.05, 4.69) is 9.98 Å². The summed E-state index contributed by atoms with van der Waals surface area (Å²) in [5.74, 6) is 0. The molecule has 0 aliphatic heterocycles. The Balaban J connectivity index is 2.73. The second kappa shape index (κ2) is 5.89. The van der Waals surface area contributed by atoms with Gasteiger partial charge in [-0.3, -0.25) is 0 Å². The van der Waals surface area contributed by atoms with E-state index in [9.17, 15) is 9.59 Å². The number of aliphatic imine (C=N–C) groups is 2. The van der Waals surface area contributed by atoms with Crippen LogP contribution < -0.4 is 0 Å². The summed E-state index contributed by atoms with van der Waals surface area (Å²) >= 11 is 0. The molecule has 0 aliphatic carbocycles. The summed E-state index contributed by atoms with van der Waals surface area (Å²) < 4.78 is 0. The smallest absolute Gasteiger partial charge is 0.211 e. The third kappa shape index (κ3) is 2.62. The molecule has 0 saturated heterocycles. The van der Waals surface area contributed by atoms with Crippen LogP contribution in [0.5, 0.6) is 0 Å². The maximum absolute atomic E-state index is 10.6. The van der Waals surface area contributed by atoms with Crippen LogP contribution >= 0.6 is 0 Å². The average Bonchev–Trinajstić information content (AvgIpc) is 2.44. The molecule has 0 atom stereocenters. The van der Waals surface area contributed by atoms with Crippen LogP contribution in [-0.4, -0.2) is 12.2 Å². The molecule has 0 bridgehead atoms. The predicted molar refractivity (Wildman–Crippen MR) is 76.9 cm³/mol. The van der Waals surface area contributed by atoms with Crippen LogP contribution in [0.25, 0.3) is 11.1 Å². The fraction of sp³-hybridized carbons (Fsp3) is 0.125. The summed E-state index contributed by atoms with van der Waals surface area (Å²) in [5.41, 5.74) is 4.43. The van der Waals surface area contributed by atoms with Crippen molar-refractivity contribution in [1.29, 1.82) is 0 Å². The second-order valence-corrected chi connectivity index (χ2v) is 4.38. The second-order valence-electron chi connectivity index (χ2n) is 4.38. The molecule has 2 aromatic rings. The van der Waals surface area contributed by atoms with Gasteiger partial charge >= 0.3 is 0 Å². The maximum atomic E-state index is 10.6. The van der Waals surface area contributed by atoms with E-state index < -0.39 is 0 Å². The minimum atomic E-state index is 0.449. The lowest BCUT2D eigenvalue weighted by Gasteiger charge is -2.10. The van der Waals surface area contributed by atoms with Gasteiger partial charge in [0.05, 0.1) is 11.4 Å². The molecular formula is C16H12N2O2. The number of aryl methyl sites for hydroxylation is 1. The van der Waals surface area contributed by atoms with Crippen molar-refractivity contribution in [3.8, 4) is 11.1 Å². The van der Waals surface area contributed by atoms with Crippen LogP contribution in [0.15, 0.2) is 46.4 Å². The van der Waals surface area contributed by atoms with Gasteiger partial charge in [-0.05, 0) is 31.5 Å². The lowest BCUT2D eigenvalue weighted by molar-refractivity contribution is 0.565. The van der Waals surface area contributed by atoms with Crippen molar-refractivity contribution < 1.29 is 9.59 Å². The highest BCUT2D eigenvalue weighted by Crippen LogP contribution is 2.38. The maximum Gasteiger partial charge on any atom is 0.240 e. The first-order valence-corrected chi connectivity index (χ1v) is 6.03. The van der Waals surface area contributed by atoms with Crippen molar-refractivity contribution in [2.45, 2.75) is 13.8 Å². The summed E-state index contributed by atoms with van der Waals surface area (Å²) in [6, 6.07) is 11.4. The largest absolute Gasteiger partial charge is 0.240 e. The zero-order valence-corrected chi connectivity index (χ0v) is 11.2. The Morgan fingerprint density at radius 1 is 0.950 bits per heavy atom. The Morgan fingerprint density at radius 3 is 2.35 bits per heavy atom. The predicted octanol–water partition coefficient (Wildman–Crippen LogP) is 3.91. The molecule has 0 unspecified atom stereocenters. The molecule has 0 spiro atoms. The van der Waals surface area contributed by atoms with Gasteiger partial charge in [0, 0.05) is 11.1 Å². The molecule has 0 aliphatic rings. The summed E-state index contributed by atoms with van der Waals surface area (Å²) in [4.78, 5) is 28.4. The van der Waals surface area contributed by atoms with Crippen LogP contribution in [0.4, 0.5) is 11.4 Å². The third-order valence-corrected chi connectivity index (χ3v) is 3.06. The van der Waals surface area contributed by atoms with Gasteiger partial charge in [-0.15, -0.1) is 0 Å². The molecule has 98 valence electrons. The SMILES string of the molecule is Cc1cccc(-c2ccc(N=C=O)c(C)c2N=C=O)c1. The van der Waals surface area contributed by atoms with Crippen LogP contribution in [0.2, 0.25) is 0 Å².